The Balaban J connectivity index is 1.40. The summed E-state index contributed by atoms with van der Waals surface area (Å²) in [4.78, 5) is 26.5. The Morgan fingerprint density at radius 2 is 1.74 bits per heavy atom. The SMILES string of the molecule is COc1ccnc(N2CCC(C(=O)N3CCCC3c3ccc(C(C)(C)C)cc3)CC2)n1. The lowest BCUT2D eigenvalue weighted by atomic mass is 9.86. The molecule has 2 aromatic rings. The highest BCUT2D eigenvalue weighted by molar-refractivity contribution is 5.80. The van der Waals surface area contributed by atoms with Gasteiger partial charge in [0.05, 0.1) is 13.2 Å². The third-order valence-corrected chi connectivity index (χ3v) is 6.65. The molecule has 0 aliphatic carbocycles. The maximum absolute atomic E-state index is 13.4. The number of nitrogens with zero attached hydrogens (tertiary/aromatic N) is 4. The van der Waals surface area contributed by atoms with E-state index in [1.54, 1.807) is 19.4 Å². The summed E-state index contributed by atoms with van der Waals surface area (Å²) in [6.45, 7) is 9.15. The van der Waals surface area contributed by atoms with Crippen molar-refractivity contribution in [2.45, 2.75) is 57.9 Å². The van der Waals surface area contributed by atoms with Crippen molar-refractivity contribution < 1.29 is 9.53 Å². The first-order valence-corrected chi connectivity index (χ1v) is 11.4. The number of piperidine rings is 1. The Morgan fingerprint density at radius 3 is 2.39 bits per heavy atom. The van der Waals surface area contributed by atoms with Crippen LogP contribution in [0.1, 0.15) is 63.6 Å². The van der Waals surface area contributed by atoms with Crippen LogP contribution in [0.5, 0.6) is 5.88 Å². The maximum atomic E-state index is 13.4. The first-order valence-electron chi connectivity index (χ1n) is 11.4. The zero-order valence-corrected chi connectivity index (χ0v) is 19.2. The minimum Gasteiger partial charge on any atom is -0.481 e. The van der Waals surface area contributed by atoms with E-state index in [1.165, 1.54) is 11.1 Å². The molecule has 6 heteroatoms. The number of carbonyl (C=O) groups is 1. The lowest BCUT2D eigenvalue weighted by Gasteiger charge is -2.35. The summed E-state index contributed by atoms with van der Waals surface area (Å²) in [5, 5.41) is 0. The molecule has 1 aromatic carbocycles. The number of amides is 1. The largest absolute Gasteiger partial charge is 0.481 e. The molecule has 3 heterocycles. The van der Waals surface area contributed by atoms with Crippen molar-refractivity contribution in [2.75, 3.05) is 31.6 Å². The number of likely N-dealkylation sites (tertiary alicyclic amines) is 1. The van der Waals surface area contributed by atoms with Crippen molar-refractivity contribution in [3.05, 3.63) is 47.7 Å². The number of methoxy groups -OCH3 is 1. The van der Waals surface area contributed by atoms with Gasteiger partial charge in [-0.25, -0.2) is 4.98 Å². The van der Waals surface area contributed by atoms with Crippen LogP contribution in [-0.2, 0) is 10.2 Å². The summed E-state index contributed by atoms with van der Waals surface area (Å²) in [6, 6.07) is 10.9. The molecule has 2 aliphatic heterocycles. The van der Waals surface area contributed by atoms with Gasteiger partial charge >= 0.3 is 0 Å². The second-order valence-corrected chi connectivity index (χ2v) is 9.72. The highest BCUT2D eigenvalue weighted by Crippen LogP contribution is 2.36. The van der Waals surface area contributed by atoms with Gasteiger partial charge in [0.2, 0.25) is 17.7 Å². The Hall–Kier alpha value is -2.63. The molecule has 2 aliphatic rings. The van der Waals surface area contributed by atoms with Crippen molar-refractivity contribution >= 4 is 11.9 Å². The third-order valence-electron chi connectivity index (χ3n) is 6.65. The maximum Gasteiger partial charge on any atom is 0.228 e. The Kier molecular flexibility index (Phi) is 6.17. The first kappa shape index (κ1) is 21.6. The predicted octanol–water partition coefficient (Wildman–Crippen LogP) is 4.36. The van der Waals surface area contributed by atoms with E-state index in [2.05, 4.69) is 64.8 Å². The standard InChI is InChI=1S/C25H34N4O2/c1-25(2,3)20-9-7-18(8-10-20)21-6-5-15-29(21)23(30)19-12-16-28(17-13-19)24-26-14-11-22(27-24)31-4/h7-11,14,19,21H,5-6,12-13,15-17H2,1-4H3. The van der Waals surface area contributed by atoms with Crippen LogP contribution >= 0.6 is 0 Å². The molecule has 1 atom stereocenters. The lowest BCUT2D eigenvalue weighted by molar-refractivity contribution is -0.137. The van der Waals surface area contributed by atoms with E-state index in [0.717, 1.165) is 45.3 Å². The van der Waals surface area contributed by atoms with Crippen molar-refractivity contribution in [1.29, 1.82) is 0 Å². The quantitative estimate of drug-likeness (QED) is 0.733. The number of anilines is 1. The fourth-order valence-electron chi connectivity index (χ4n) is 4.74. The number of carbonyl (C=O) groups excluding carboxylic acids is 1. The molecule has 0 radical (unpaired) electrons. The van der Waals surface area contributed by atoms with Gasteiger partial charge in [0.25, 0.3) is 0 Å². The van der Waals surface area contributed by atoms with Gasteiger partial charge in [-0.3, -0.25) is 4.79 Å². The van der Waals surface area contributed by atoms with Gasteiger partial charge in [-0.1, -0.05) is 45.0 Å². The van der Waals surface area contributed by atoms with Crippen LogP contribution in [0.3, 0.4) is 0 Å². The molecule has 1 unspecified atom stereocenters. The summed E-state index contributed by atoms with van der Waals surface area (Å²) in [6.07, 6.45) is 5.53. The molecule has 1 amide bonds. The van der Waals surface area contributed by atoms with Crippen LogP contribution in [0.2, 0.25) is 0 Å². The number of ether oxygens (including phenoxy) is 1. The van der Waals surface area contributed by atoms with E-state index in [1.807, 2.05) is 0 Å². The molecule has 6 nitrogen and oxygen atoms in total. The van der Waals surface area contributed by atoms with Gasteiger partial charge in [-0.15, -0.1) is 0 Å². The van der Waals surface area contributed by atoms with E-state index in [4.69, 9.17) is 4.74 Å². The molecular weight excluding hydrogens is 388 g/mol. The summed E-state index contributed by atoms with van der Waals surface area (Å²) < 4.78 is 5.21. The Morgan fingerprint density at radius 1 is 1.03 bits per heavy atom. The fraction of sp³-hybridized carbons (Fsp3) is 0.560. The normalized spacial score (nSPS) is 20.2. The minimum absolute atomic E-state index is 0.0799. The smallest absolute Gasteiger partial charge is 0.228 e. The first-order chi connectivity index (χ1) is 14.9. The van der Waals surface area contributed by atoms with Crippen LogP contribution in [0, 0.1) is 5.92 Å². The Bertz CT molecular complexity index is 898. The van der Waals surface area contributed by atoms with E-state index in [0.29, 0.717) is 17.7 Å². The number of benzene rings is 1. The van der Waals surface area contributed by atoms with Crippen LogP contribution in [0.4, 0.5) is 5.95 Å². The number of hydrogen-bond acceptors (Lipinski definition) is 5. The van der Waals surface area contributed by atoms with Crippen molar-refractivity contribution in [2.24, 2.45) is 5.92 Å². The van der Waals surface area contributed by atoms with E-state index >= 15 is 0 Å². The summed E-state index contributed by atoms with van der Waals surface area (Å²) in [5.41, 5.74) is 2.74. The van der Waals surface area contributed by atoms with Crippen LogP contribution in [0.25, 0.3) is 0 Å². The summed E-state index contributed by atoms with van der Waals surface area (Å²) in [7, 11) is 1.61. The molecule has 4 rings (SSSR count). The van der Waals surface area contributed by atoms with E-state index < -0.39 is 0 Å². The highest BCUT2D eigenvalue weighted by Gasteiger charge is 2.35. The van der Waals surface area contributed by atoms with Crippen molar-refractivity contribution in [3.63, 3.8) is 0 Å². The van der Waals surface area contributed by atoms with Crippen molar-refractivity contribution in [3.8, 4) is 5.88 Å². The predicted molar refractivity (Wildman–Crippen MR) is 122 cm³/mol. The van der Waals surface area contributed by atoms with Gasteiger partial charge in [0.15, 0.2) is 0 Å². The zero-order valence-electron chi connectivity index (χ0n) is 19.2. The molecule has 0 saturated carbocycles. The monoisotopic (exact) mass is 422 g/mol. The molecular formula is C25H34N4O2. The van der Waals surface area contributed by atoms with E-state index in [-0.39, 0.29) is 17.4 Å². The van der Waals surface area contributed by atoms with Crippen molar-refractivity contribution in [1.82, 2.24) is 14.9 Å². The third kappa shape index (κ3) is 4.68. The summed E-state index contributed by atoms with van der Waals surface area (Å²) in [5.74, 6) is 1.65. The second kappa shape index (κ2) is 8.85. The van der Waals surface area contributed by atoms with Crippen LogP contribution in [0.15, 0.2) is 36.5 Å². The molecule has 0 N–H and O–H groups in total. The molecule has 0 spiro atoms. The molecule has 1 aromatic heterocycles. The summed E-state index contributed by atoms with van der Waals surface area (Å²) >= 11 is 0. The van der Waals surface area contributed by atoms with Crippen LogP contribution in [-0.4, -0.2) is 47.5 Å². The highest BCUT2D eigenvalue weighted by atomic mass is 16.5. The van der Waals surface area contributed by atoms with E-state index in [9.17, 15) is 4.79 Å². The molecule has 2 fully saturated rings. The average molecular weight is 423 g/mol. The topological polar surface area (TPSA) is 58.6 Å². The molecule has 31 heavy (non-hydrogen) atoms. The minimum atomic E-state index is 0.0799. The molecule has 2 saturated heterocycles. The molecule has 166 valence electrons. The Labute approximate surface area is 185 Å². The van der Waals surface area contributed by atoms with Gasteiger partial charge in [-0.2, -0.15) is 4.98 Å². The van der Waals surface area contributed by atoms with Gasteiger partial charge in [-0.05, 0) is 42.2 Å². The van der Waals surface area contributed by atoms with Gasteiger partial charge in [0.1, 0.15) is 0 Å². The fourth-order valence-corrected chi connectivity index (χ4v) is 4.74. The van der Waals surface area contributed by atoms with Crippen LogP contribution < -0.4 is 9.64 Å². The second-order valence-electron chi connectivity index (χ2n) is 9.72. The molecule has 0 bridgehead atoms. The number of hydrogen-bond donors (Lipinski definition) is 0. The van der Waals surface area contributed by atoms with Gasteiger partial charge < -0.3 is 14.5 Å². The van der Waals surface area contributed by atoms with Gasteiger partial charge in [0, 0.05) is 37.8 Å². The zero-order chi connectivity index (χ0) is 22.0. The number of rotatable bonds is 4. The lowest BCUT2D eigenvalue weighted by Crippen LogP contribution is -2.42. The average Bonchev–Trinajstić information content (AvgIpc) is 3.28. The number of aromatic nitrogens is 2.